The molecule has 0 amide bonds. The molecule has 1 aliphatic carbocycles. The number of aromatic nitrogens is 1. The van der Waals surface area contributed by atoms with E-state index >= 15 is 0 Å². The molecule has 0 spiro atoms. The number of hydrogen-bond acceptors (Lipinski definition) is 4. The van der Waals surface area contributed by atoms with Crippen molar-refractivity contribution < 1.29 is 9.47 Å². The van der Waals surface area contributed by atoms with Crippen LogP contribution in [0, 0.1) is 0 Å². The van der Waals surface area contributed by atoms with Crippen molar-refractivity contribution in [3.05, 3.63) is 30.5 Å². The van der Waals surface area contributed by atoms with E-state index in [2.05, 4.69) is 10.3 Å². The minimum atomic E-state index is 0.469. The largest absolute Gasteiger partial charge is 0.497 e. The number of nitrogens with zero attached hydrogens (tertiary/aromatic N) is 1. The van der Waals surface area contributed by atoms with E-state index in [-0.39, 0.29) is 0 Å². The lowest BCUT2D eigenvalue weighted by atomic mass is 10.1. The fourth-order valence-corrected chi connectivity index (χ4v) is 2.87. The van der Waals surface area contributed by atoms with Crippen molar-refractivity contribution in [3.8, 4) is 5.75 Å². The molecule has 1 saturated carbocycles. The zero-order valence-corrected chi connectivity index (χ0v) is 12.5. The topological polar surface area (TPSA) is 43.4 Å². The summed E-state index contributed by atoms with van der Waals surface area (Å²) in [6, 6.07) is 8.03. The van der Waals surface area contributed by atoms with Crippen LogP contribution in [0.2, 0.25) is 0 Å². The van der Waals surface area contributed by atoms with Gasteiger partial charge in [0.25, 0.3) is 0 Å². The summed E-state index contributed by atoms with van der Waals surface area (Å²) in [6.07, 6.45) is 7.34. The summed E-state index contributed by atoms with van der Waals surface area (Å²) >= 11 is 0. The molecule has 0 saturated heterocycles. The maximum absolute atomic E-state index is 5.86. The van der Waals surface area contributed by atoms with Crippen LogP contribution in [-0.2, 0) is 4.74 Å². The molecule has 0 unspecified atom stereocenters. The van der Waals surface area contributed by atoms with Crippen molar-refractivity contribution in [1.82, 2.24) is 4.98 Å². The molecule has 1 aliphatic rings. The molecule has 112 valence electrons. The van der Waals surface area contributed by atoms with Gasteiger partial charge in [-0.2, -0.15) is 0 Å². The number of hydrogen-bond donors (Lipinski definition) is 1. The minimum Gasteiger partial charge on any atom is -0.497 e. The highest BCUT2D eigenvalue weighted by atomic mass is 16.5. The van der Waals surface area contributed by atoms with E-state index in [0.717, 1.165) is 35.5 Å². The SMILES string of the molecule is COc1ccc2c(NCCOC3CCCC3)nccc2c1. The normalized spacial score (nSPS) is 15.5. The van der Waals surface area contributed by atoms with Gasteiger partial charge in [-0.1, -0.05) is 12.8 Å². The molecular weight excluding hydrogens is 264 g/mol. The number of fused-ring (bicyclic) bond motifs is 1. The van der Waals surface area contributed by atoms with Crippen molar-refractivity contribution in [3.63, 3.8) is 0 Å². The van der Waals surface area contributed by atoms with Gasteiger partial charge in [0.1, 0.15) is 11.6 Å². The fourth-order valence-electron chi connectivity index (χ4n) is 2.87. The predicted molar refractivity (Wildman–Crippen MR) is 85.0 cm³/mol. The molecule has 4 heteroatoms. The number of nitrogens with one attached hydrogen (secondary N) is 1. The Balaban J connectivity index is 1.60. The molecule has 1 N–H and O–H groups in total. The van der Waals surface area contributed by atoms with Crippen LogP contribution in [0.15, 0.2) is 30.5 Å². The van der Waals surface area contributed by atoms with Crippen LogP contribution in [0.5, 0.6) is 5.75 Å². The first-order valence-corrected chi connectivity index (χ1v) is 7.65. The molecule has 3 rings (SSSR count). The molecule has 0 atom stereocenters. The molecule has 1 fully saturated rings. The van der Waals surface area contributed by atoms with E-state index in [9.17, 15) is 0 Å². The number of anilines is 1. The van der Waals surface area contributed by atoms with E-state index in [1.165, 1.54) is 25.7 Å². The van der Waals surface area contributed by atoms with Gasteiger partial charge in [-0.15, -0.1) is 0 Å². The molecular formula is C17H22N2O2. The Hall–Kier alpha value is -1.81. The molecule has 0 radical (unpaired) electrons. The summed E-state index contributed by atoms with van der Waals surface area (Å²) < 4.78 is 11.1. The third-order valence-corrected chi connectivity index (χ3v) is 4.02. The number of methoxy groups -OCH3 is 1. The average Bonchev–Trinajstić information content (AvgIpc) is 3.04. The summed E-state index contributed by atoms with van der Waals surface area (Å²) in [5.41, 5.74) is 0. The van der Waals surface area contributed by atoms with Crippen molar-refractivity contribution in [1.29, 1.82) is 0 Å². The lowest BCUT2D eigenvalue weighted by molar-refractivity contribution is 0.0659. The second-order valence-electron chi connectivity index (χ2n) is 5.45. The second-order valence-corrected chi connectivity index (χ2v) is 5.45. The van der Waals surface area contributed by atoms with E-state index in [4.69, 9.17) is 9.47 Å². The Morgan fingerprint density at radius 2 is 2.10 bits per heavy atom. The van der Waals surface area contributed by atoms with Crippen molar-refractivity contribution >= 4 is 16.6 Å². The third-order valence-electron chi connectivity index (χ3n) is 4.02. The highest BCUT2D eigenvalue weighted by Gasteiger charge is 2.14. The smallest absolute Gasteiger partial charge is 0.133 e. The minimum absolute atomic E-state index is 0.469. The number of pyridine rings is 1. The first-order valence-electron chi connectivity index (χ1n) is 7.65. The first kappa shape index (κ1) is 14.1. The molecule has 1 aromatic carbocycles. The first-order chi connectivity index (χ1) is 10.4. The van der Waals surface area contributed by atoms with Crippen molar-refractivity contribution in [2.45, 2.75) is 31.8 Å². The Morgan fingerprint density at radius 1 is 1.24 bits per heavy atom. The van der Waals surface area contributed by atoms with E-state index in [1.807, 2.05) is 30.5 Å². The van der Waals surface area contributed by atoms with Gasteiger partial charge < -0.3 is 14.8 Å². The zero-order chi connectivity index (χ0) is 14.5. The van der Waals surface area contributed by atoms with Crippen LogP contribution < -0.4 is 10.1 Å². The van der Waals surface area contributed by atoms with E-state index < -0.39 is 0 Å². The van der Waals surface area contributed by atoms with E-state index in [1.54, 1.807) is 7.11 Å². The van der Waals surface area contributed by atoms with Crippen LogP contribution in [0.3, 0.4) is 0 Å². The van der Waals surface area contributed by atoms with Gasteiger partial charge in [0, 0.05) is 18.1 Å². The molecule has 1 heterocycles. The zero-order valence-electron chi connectivity index (χ0n) is 12.5. The summed E-state index contributed by atoms with van der Waals surface area (Å²) in [6.45, 7) is 1.52. The Bertz CT molecular complexity index is 594. The average molecular weight is 286 g/mol. The summed E-state index contributed by atoms with van der Waals surface area (Å²) in [5, 5.41) is 5.61. The maximum atomic E-state index is 5.86. The van der Waals surface area contributed by atoms with Crippen molar-refractivity contribution in [2.75, 3.05) is 25.6 Å². The van der Waals surface area contributed by atoms with Gasteiger partial charge >= 0.3 is 0 Å². The van der Waals surface area contributed by atoms with Crippen LogP contribution in [-0.4, -0.2) is 31.3 Å². The van der Waals surface area contributed by atoms with Gasteiger partial charge in [0.05, 0.1) is 19.8 Å². The standard InChI is InChI=1S/C17H22N2O2/c1-20-15-6-7-16-13(12-15)8-9-18-17(16)19-10-11-21-14-4-2-3-5-14/h6-9,12,14H,2-5,10-11H2,1H3,(H,18,19). The van der Waals surface area contributed by atoms with Crippen LogP contribution in [0.1, 0.15) is 25.7 Å². The lowest BCUT2D eigenvalue weighted by Crippen LogP contribution is -2.15. The Kier molecular flexibility index (Phi) is 4.55. The maximum Gasteiger partial charge on any atom is 0.133 e. The molecule has 1 aromatic heterocycles. The Morgan fingerprint density at radius 3 is 2.90 bits per heavy atom. The summed E-state index contributed by atoms with van der Waals surface area (Å²) in [5.74, 6) is 1.77. The Labute approximate surface area is 125 Å². The number of ether oxygens (including phenoxy) is 2. The summed E-state index contributed by atoms with van der Waals surface area (Å²) in [7, 11) is 1.68. The van der Waals surface area contributed by atoms with Gasteiger partial charge in [-0.25, -0.2) is 4.98 Å². The highest BCUT2D eigenvalue weighted by Crippen LogP contribution is 2.25. The van der Waals surface area contributed by atoms with Gasteiger partial charge in [-0.05, 0) is 42.5 Å². The molecule has 4 nitrogen and oxygen atoms in total. The van der Waals surface area contributed by atoms with Gasteiger partial charge in [0.2, 0.25) is 0 Å². The predicted octanol–water partition coefficient (Wildman–Crippen LogP) is 3.61. The third kappa shape index (κ3) is 3.45. The van der Waals surface area contributed by atoms with Crippen LogP contribution in [0.25, 0.3) is 10.8 Å². The fraction of sp³-hybridized carbons (Fsp3) is 0.471. The molecule has 0 bridgehead atoms. The number of benzene rings is 1. The summed E-state index contributed by atoms with van der Waals surface area (Å²) in [4.78, 5) is 4.42. The van der Waals surface area contributed by atoms with Gasteiger partial charge in [-0.3, -0.25) is 0 Å². The van der Waals surface area contributed by atoms with Crippen molar-refractivity contribution in [2.24, 2.45) is 0 Å². The van der Waals surface area contributed by atoms with Gasteiger partial charge in [0.15, 0.2) is 0 Å². The molecule has 21 heavy (non-hydrogen) atoms. The number of rotatable bonds is 6. The molecule has 2 aromatic rings. The quantitative estimate of drug-likeness (QED) is 0.824. The van der Waals surface area contributed by atoms with Crippen LogP contribution >= 0.6 is 0 Å². The lowest BCUT2D eigenvalue weighted by Gasteiger charge is -2.13. The second kappa shape index (κ2) is 6.76. The molecule has 0 aliphatic heterocycles. The monoisotopic (exact) mass is 286 g/mol. The van der Waals surface area contributed by atoms with Crippen LogP contribution in [0.4, 0.5) is 5.82 Å². The van der Waals surface area contributed by atoms with E-state index in [0.29, 0.717) is 6.10 Å². The highest BCUT2D eigenvalue weighted by molar-refractivity contribution is 5.92.